The van der Waals surface area contributed by atoms with Gasteiger partial charge in [0.05, 0.1) is 24.9 Å². The minimum absolute atomic E-state index is 0.0585. The fraction of sp³-hybridized carbons (Fsp3) is 0.500. The maximum absolute atomic E-state index is 13.1. The van der Waals surface area contributed by atoms with Gasteiger partial charge in [-0.3, -0.25) is 9.48 Å². The molecule has 2 aliphatic heterocycles. The summed E-state index contributed by atoms with van der Waals surface area (Å²) in [6, 6.07) is 9.97. The van der Waals surface area contributed by atoms with Crippen LogP contribution in [0.2, 0.25) is 0 Å². The van der Waals surface area contributed by atoms with E-state index in [4.69, 9.17) is 4.74 Å². The number of ether oxygens (including phenoxy) is 1. The van der Waals surface area contributed by atoms with Gasteiger partial charge in [0.1, 0.15) is 12.1 Å². The van der Waals surface area contributed by atoms with Crippen LogP contribution in [0.3, 0.4) is 0 Å². The first-order chi connectivity index (χ1) is 13.0. The normalized spacial score (nSPS) is 25.7. The molecule has 27 heavy (non-hydrogen) atoms. The molecule has 2 N–H and O–H groups in total. The fourth-order valence-electron chi connectivity index (χ4n) is 4.14. The van der Waals surface area contributed by atoms with Crippen LogP contribution >= 0.6 is 0 Å². The van der Waals surface area contributed by atoms with E-state index in [1.165, 1.54) is 5.56 Å². The highest BCUT2D eigenvalue weighted by molar-refractivity contribution is 5.82. The van der Waals surface area contributed by atoms with Crippen molar-refractivity contribution in [3.63, 3.8) is 0 Å². The minimum atomic E-state index is -0.233. The van der Waals surface area contributed by atoms with E-state index in [1.807, 2.05) is 41.8 Å². The molecule has 1 amide bonds. The Hall–Kier alpha value is -2.22. The molecule has 7 nitrogen and oxygen atoms in total. The Kier molecular flexibility index (Phi) is 4.99. The molecule has 0 aliphatic carbocycles. The molecule has 0 saturated carbocycles. The molecular formula is C20H27N5O2. The molecule has 2 aromatic rings. The Labute approximate surface area is 159 Å². The molecule has 0 spiro atoms. The van der Waals surface area contributed by atoms with Crippen LogP contribution in [0.4, 0.5) is 0 Å². The van der Waals surface area contributed by atoms with Crippen molar-refractivity contribution in [1.29, 1.82) is 0 Å². The topological polar surface area (TPSA) is 71.4 Å². The Morgan fingerprint density at radius 3 is 2.70 bits per heavy atom. The highest BCUT2D eigenvalue weighted by Gasteiger charge is 2.36. The highest BCUT2D eigenvalue weighted by atomic mass is 16.5. The van der Waals surface area contributed by atoms with E-state index in [0.29, 0.717) is 19.7 Å². The summed E-state index contributed by atoms with van der Waals surface area (Å²) in [6.45, 7) is 5.88. The van der Waals surface area contributed by atoms with Crippen molar-refractivity contribution in [2.75, 3.05) is 19.7 Å². The molecule has 1 aromatic heterocycles. The molecule has 2 aliphatic rings. The lowest BCUT2D eigenvalue weighted by molar-refractivity contribution is -0.141. The zero-order valence-corrected chi connectivity index (χ0v) is 16.1. The number of aromatic nitrogens is 2. The summed E-state index contributed by atoms with van der Waals surface area (Å²) in [7, 11) is 1.95. The third-order valence-corrected chi connectivity index (χ3v) is 5.66. The summed E-state index contributed by atoms with van der Waals surface area (Å²) in [5.74, 6) is 0.133. The van der Waals surface area contributed by atoms with Gasteiger partial charge in [0.25, 0.3) is 0 Å². The van der Waals surface area contributed by atoms with Crippen molar-refractivity contribution in [2.45, 2.75) is 38.5 Å². The van der Waals surface area contributed by atoms with Crippen LogP contribution in [-0.2, 0) is 16.6 Å². The van der Waals surface area contributed by atoms with Crippen molar-refractivity contribution in [1.82, 2.24) is 25.5 Å². The molecule has 2 saturated heterocycles. The maximum Gasteiger partial charge on any atom is 0.241 e. The lowest BCUT2D eigenvalue weighted by atomic mass is 9.99. The number of hydrogen-bond acceptors (Lipinski definition) is 5. The number of carbonyl (C=O) groups is 1. The number of hydrazine groups is 1. The Balaban J connectivity index is 1.43. The fourth-order valence-corrected chi connectivity index (χ4v) is 4.14. The summed E-state index contributed by atoms with van der Waals surface area (Å²) in [4.78, 5) is 15.0. The molecule has 144 valence electrons. The van der Waals surface area contributed by atoms with Gasteiger partial charge in [-0.2, -0.15) is 5.10 Å². The maximum atomic E-state index is 13.1. The average molecular weight is 369 g/mol. The standard InChI is InChI=1S/C20H27N5O2/c1-13-19(14(2)24(3)23-13)16-11-17(22-21-16)20(26)25-9-10-27-18(12-25)15-7-5-4-6-8-15/h4-8,16-18,21-22H,9-12H2,1-3H3. The Bertz CT molecular complexity index is 819. The number of rotatable bonds is 3. The largest absolute Gasteiger partial charge is 0.370 e. The molecule has 3 atom stereocenters. The summed E-state index contributed by atoms with van der Waals surface area (Å²) in [5, 5.41) is 4.50. The quantitative estimate of drug-likeness (QED) is 0.859. The lowest BCUT2D eigenvalue weighted by Gasteiger charge is -2.34. The number of benzene rings is 1. The molecule has 3 unspecified atom stereocenters. The van der Waals surface area contributed by atoms with E-state index >= 15 is 0 Å². The number of nitrogens with zero attached hydrogens (tertiary/aromatic N) is 3. The second-order valence-corrected chi connectivity index (χ2v) is 7.39. The van der Waals surface area contributed by atoms with Crippen LogP contribution in [0.5, 0.6) is 0 Å². The van der Waals surface area contributed by atoms with Crippen LogP contribution < -0.4 is 10.9 Å². The molecule has 0 radical (unpaired) electrons. The van der Waals surface area contributed by atoms with Crippen LogP contribution in [0.15, 0.2) is 30.3 Å². The summed E-state index contributed by atoms with van der Waals surface area (Å²) in [6.07, 6.45) is 0.663. The summed E-state index contributed by atoms with van der Waals surface area (Å²) < 4.78 is 7.79. The van der Waals surface area contributed by atoms with E-state index in [0.717, 1.165) is 23.4 Å². The molecule has 3 heterocycles. The van der Waals surface area contributed by atoms with Gasteiger partial charge in [-0.1, -0.05) is 30.3 Å². The Morgan fingerprint density at radius 2 is 2.00 bits per heavy atom. The van der Waals surface area contributed by atoms with Gasteiger partial charge in [0, 0.05) is 24.8 Å². The molecule has 1 aromatic carbocycles. The minimum Gasteiger partial charge on any atom is -0.370 e. The van der Waals surface area contributed by atoms with Gasteiger partial charge in [-0.25, -0.2) is 10.9 Å². The van der Waals surface area contributed by atoms with Gasteiger partial charge in [0.15, 0.2) is 0 Å². The lowest BCUT2D eigenvalue weighted by Crippen LogP contribution is -2.50. The number of hydrogen-bond donors (Lipinski definition) is 2. The SMILES string of the molecule is Cc1nn(C)c(C)c1C1CC(C(=O)N2CCOC(c3ccccc3)C2)NN1. The van der Waals surface area contributed by atoms with Gasteiger partial charge in [-0.05, 0) is 25.8 Å². The molecule has 0 bridgehead atoms. The third kappa shape index (κ3) is 3.50. The van der Waals surface area contributed by atoms with Gasteiger partial charge < -0.3 is 9.64 Å². The van der Waals surface area contributed by atoms with E-state index in [2.05, 4.69) is 35.0 Å². The number of aryl methyl sites for hydroxylation is 2. The summed E-state index contributed by atoms with van der Waals surface area (Å²) >= 11 is 0. The van der Waals surface area contributed by atoms with Crippen molar-refractivity contribution in [3.05, 3.63) is 52.8 Å². The van der Waals surface area contributed by atoms with E-state index in [1.54, 1.807) is 0 Å². The van der Waals surface area contributed by atoms with E-state index < -0.39 is 0 Å². The van der Waals surface area contributed by atoms with Gasteiger partial charge in [-0.15, -0.1) is 0 Å². The van der Waals surface area contributed by atoms with Crippen molar-refractivity contribution in [3.8, 4) is 0 Å². The number of carbonyl (C=O) groups excluding carboxylic acids is 1. The van der Waals surface area contributed by atoms with E-state index in [9.17, 15) is 4.79 Å². The first-order valence-electron chi connectivity index (χ1n) is 9.51. The van der Waals surface area contributed by atoms with Crippen molar-refractivity contribution in [2.24, 2.45) is 7.05 Å². The predicted molar refractivity (Wildman–Crippen MR) is 102 cm³/mol. The third-order valence-electron chi connectivity index (χ3n) is 5.66. The van der Waals surface area contributed by atoms with Crippen LogP contribution in [0, 0.1) is 13.8 Å². The van der Waals surface area contributed by atoms with Crippen molar-refractivity contribution < 1.29 is 9.53 Å². The first-order valence-corrected chi connectivity index (χ1v) is 9.51. The molecular weight excluding hydrogens is 342 g/mol. The molecule has 4 rings (SSSR count). The number of morpholine rings is 1. The molecule has 7 heteroatoms. The predicted octanol–water partition coefficient (Wildman–Crippen LogP) is 1.54. The van der Waals surface area contributed by atoms with Crippen LogP contribution in [0.25, 0.3) is 0 Å². The monoisotopic (exact) mass is 369 g/mol. The Morgan fingerprint density at radius 1 is 1.22 bits per heavy atom. The van der Waals surface area contributed by atoms with Gasteiger partial charge in [0.2, 0.25) is 5.91 Å². The number of nitrogens with one attached hydrogen (secondary N) is 2. The van der Waals surface area contributed by atoms with Crippen LogP contribution in [0.1, 0.15) is 41.1 Å². The summed E-state index contributed by atoms with van der Waals surface area (Å²) in [5.41, 5.74) is 10.9. The van der Waals surface area contributed by atoms with Crippen molar-refractivity contribution >= 4 is 5.91 Å². The number of amides is 1. The van der Waals surface area contributed by atoms with Gasteiger partial charge >= 0.3 is 0 Å². The molecule has 2 fully saturated rings. The van der Waals surface area contributed by atoms with E-state index in [-0.39, 0.29) is 24.1 Å². The average Bonchev–Trinajstić information content (AvgIpc) is 3.26. The second-order valence-electron chi connectivity index (χ2n) is 7.39. The zero-order chi connectivity index (χ0) is 19.0. The highest BCUT2D eigenvalue weighted by Crippen LogP contribution is 2.29. The smallest absolute Gasteiger partial charge is 0.241 e. The second kappa shape index (κ2) is 7.42. The first kappa shape index (κ1) is 18.2. The zero-order valence-electron chi connectivity index (χ0n) is 16.1. The van der Waals surface area contributed by atoms with Crippen LogP contribution in [-0.4, -0.2) is 46.3 Å².